The largest absolute Gasteiger partial charge is 0.242 e. The van der Waals surface area contributed by atoms with Crippen LogP contribution in [0, 0.1) is 0 Å². The van der Waals surface area contributed by atoms with Crippen LogP contribution in [-0.2, 0) is 11.0 Å². The van der Waals surface area contributed by atoms with Gasteiger partial charge in [-0.15, -0.1) is 6.58 Å². The zero-order chi connectivity index (χ0) is 16.8. The summed E-state index contributed by atoms with van der Waals surface area (Å²) in [6, 6.07) is 0.308. The first kappa shape index (κ1) is 21.9. The van der Waals surface area contributed by atoms with Crippen molar-refractivity contribution in [1.29, 1.82) is 0 Å². The maximum Gasteiger partial charge on any atom is 0.0972 e. The standard InChI is InChI=1S/C19H39NOS/c1-6-8-9-10-11-12-13-14-15-17-18(16-7-2)20-22(21)19(3,4)5/h7,18,20H,2,6,8-17H2,1,3-5H3/t18-,22+/m1/s1. The number of unbranched alkanes of at least 4 members (excludes halogenated alkanes) is 8. The molecule has 0 amide bonds. The molecule has 0 spiro atoms. The highest BCUT2D eigenvalue weighted by Crippen LogP contribution is 2.15. The lowest BCUT2D eigenvalue weighted by molar-refractivity contribution is 0.502. The molecule has 1 N–H and O–H groups in total. The molecule has 3 heteroatoms. The van der Waals surface area contributed by atoms with E-state index in [2.05, 4.69) is 18.2 Å². The predicted octanol–water partition coefficient (Wildman–Crippen LogP) is 5.90. The van der Waals surface area contributed by atoms with Gasteiger partial charge in [0.2, 0.25) is 0 Å². The molecule has 22 heavy (non-hydrogen) atoms. The highest BCUT2D eigenvalue weighted by molar-refractivity contribution is 7.84. The fourth-order valence-electron chi connectivity index (χ4n) is 2.46. The lowest BCUT2D eigenvalue weighted by Crippen LogP contribution is -2.39. The topological polar surface area (TPSA) is 29.1 Å². The van der Waals surface area contributed by atoms with Crippen LogP contribution in [-0.4, -0.2) is 15.0 Å². The van der Waals surface area contributed by atoms with Crippen molar-refractivity contribution >= 4 is 11.0 Å². The molecule has 132 valence electrons. The van der Waals surface area contributed by atoms with Crippen molar-refractivity contribution in [1.82, 2.24) is 4.72 Å². The first-order chi connectivity index (χ1) is 10.4. The summed E-state index contributed by atoms with van der Waals surface area (Å²) in [7, 11) is -0.980. The van der Waals surface area contributed by atoms with Gasteiger partial charge in [-0.2, -0.15) is 0 Å². The van der Waals surface area contributed by atoms with E-state index in [0.29, 0.717) is 6.04 Å². The molecule has 0 fully saturated rings. The summed E-state index contributed by atoms with van der Waals surface area (Å²) in [5, 5.41) is 0. The summed E-state index contributed by atoms with van der Waals surface area (Å²) in [5.41, 5.74) is 0. The lowest BCUT2D eigenvalue weighted by Gasteiger charge is -2.23. The van der Waals surface area contributed by atoms with E-state index in [9.17, 15) is 4.21 Å². The van der Waals surface area contributed by atoms with Gasteiger partial charge >= 0.3 is 0 Å². The summed E-state index contributed by atoms with van der Waals surface area (Å²) in [6.45, 7) is 12.1. The minimum atomic E-state index is -0.980. The van der Waals surface area contributed by atoms with Crippen molar-refractivity contribution in [2.75, 3.05) is 0 Å². The molecule has 0 aliphatic carbocycles. The van der Waals surface area contributed by atoms with Crippen molar-refractivity contribution < 1.29 is 4.21 Å². The van der Waals surface area contributed by atoms with Crippen LogP contribution >= 0.6 is 0 Å². The van der Waals surface area contributed by atoms with E-state index in [-0.39, 0.29) is 4.75 Å². The summed E-state index contributed by atoms with van der Waals surface area (Å²) < 4.78 is 15.3. The van der Waals surface area contributed by atoms with Crippen molar-refractivity contribution in [3.8, 4) is 0 Å². The third kappa shape index (κ3) is 12.4. The molecule has 0 aromatic heterocycles. The second-order valence-electron chi connectivity index (χ2n) is 7.34. The van der Waals surface area contributed by atoms with Gasteiger partial charge in [0.1, 0.15) is 0 Å². The van der Waals surface area contributed by atoms with E-state index >= 15 is 0 Å². The Labute approximate surface area is 142 Å². The van der Waals surface area contributed by atoms with Gasteiger partial charge in [-0.05, 0) is 33.6 Å². The molecule has 0 aromatic rings. The molecule has 0 radical (unpaired) electrons. The van der Waals surface area contributed by atoms with Crippen LogP contribution in [0.1, 0.15) is 98.3 Å². The summed E-state index contributed by atoms with van der Waals surface area (Å²) >= 11 is 0. The summed E-state index contributed by atoms with van der Waals surface area (Å²) in [6.07, 6.45) is 16.1. The van der Waals surface area contributed by atoms with Gasteiger partial charge in [-0.3, -0.25) is 0 Å². The lowest BCUT2D eigenvalue weighted by atomic mass is 10.0. The van der Waals surface area contributed by atoms with Crippen LogP contribution in [0.15, 0.2) is 12.7 Å². The average Bonchev–Trinajstić information content (AvgIpc) is 2.44. The third-order valence-electron chi connectivity index (χ3n) is 3.94. The highest BCUT2D eigenvalue weighted by atomic mass is 32.2. The van der Waals surface area contributed by atoms with Crippen molar-refractivity contribution in [2.24, 2.45) is 0 Å². The molecule has 0 rings (SSSR count). The van der Waals surface area contributed by atoms with E-state index in [1.54, 1.807) is 0 Å². The molecule has 0 saturated heterocycles. The molecule has 2 nitrogen and oxygen atoms in total. The Bertz CT molecular complexity index is 296. The van der Waals surface area contributed by atoms with E-state index < -0.39 is 11.0 Å². The Morgan fingerprint density at radius 1 is 1.00 bits per heavy atom. The normalized spacial score (nSPS) is 14.7. The van der Waals surface area contributed by atoms with E-state index in [1.165, 1.54) is 57.8 Å². The fraction of sp³-hybridized carbons (Fsp3) is 0.895. The molecule has 2 atom stereocenters. The molecule has 0 unspecified atom stereocenters. The van der Waals surface area contributed by atoms with Crippen LogP contribution in [0.5, 0.6) is 0 Å². The molecule has 0 bridgehead atoms. The molecule has 0 aliphatic rings. The van der Waals surface area contributed by atoms with Crippen LogP contribution in [0.25, 0.3) is 0 Å². The smallest absolute Gasteiger partial charge is 0.0972 e. The number of hydrogen-bond acceptors (Lipinski definition) is 1. The van der Waals surface area contributed by atoms with Gasteiger partial charge in [-0.25, -0.2) is 8.93 Å². The van der Waals surface area contributed by atoms with Crippen LogP contribution < -0.4 is 4.72 Å². The molecule has 0 saturated carbocycles. The Kier molecular flexibility index (Phi) is 13.2. The zero-order valence-electron chi connectivity index (χ0n) is 15.5. The van der Waals surface area contributed by atoms with Crippen molar-refractivity contribution in [3.05, 3.63) is 12.7 Å². The average molecular weight is 330 g/mol. The maximum absolute atomic E-state index is 12.2. The second-order valence-corrected chi connectivity index (χ2v) is 9.34. The zero-order valence-corrected chi connectivity index (χ0v) is 16.3. The molecular weight excluding hydrogens is 290 g/mol. The predicted molar refractivity (Wildman–Crippen MR) is 101 cm³/mol. The Morgan fingerprint density at radius 2 is 1.50 bits per heavy atom. The Hall–Kier alpha value is -0.150. The first-order valence-corrected chi connectivity index (χ1v) is 10.4. The minimum Gasteiger partial charge on any atom is -0.242 e. The quantitative estimate of drug-likeness (QED) is 0.312. The summed E-state index contributed by atoms with van der Waals surface area (Å²) in [4.78, 5) is 0. The third-order valence-corrected chi connectivity index (χ3v) is 5.60. The van der Waals surface area contributed by atoms with E-state index in [1.807, 2.05) is 26.8 Å². The van der Waals surface area contributed by atoms with Crippen molar-refractivity contribution in [3.63, 3.8) is 0 Å². The SMILES string of the molecule is C=CC[C@H](CCCCCCCCCCC)N[S@@](=O)C(C)(C)C. The molecule has 0 heterocycles. The minimum absolute atomic E-state index is 0.197. The van der Waals surface area contributed by atoms with E-state index in [4.69, 9.17) is 0 Å². The van der Waals surface area contributed by atoms with Gasteiger partial charge in [0.05, 0.1) is 15.7 Å². The Morgan fingerprint density at radius 3 is 1.95 bits per heavy atom. The van der Waals surface area contributed by atoms with Gasteiger partial charge in [0.15, 0.2) is 0 Å². The molecular formula is C19H39NOS. The Balaban J connectivity index is 3.74. The van der Waals surface area contributed by atoms with Gasteiger partial charge in [0.25, 0.3) is 0 Å². The second kappa shape index (κ2) is 13.3. The van der Waals surface area contributed by atoms with Crippen LogP contribution in [0.3, 0.4) is 0 Å². The molecule has 0 aliphatic heterocycles. The number of nitrogens with one attached hydrogen (secondary N) is 1. The van der Waals surface area contributed by atoms with E-state index in [0.717, 1.165) is 12.8 Å². The van der Waals surface area contributed by atoms with Gasteiger partial charge in [-0.1, -0.05) is 70.8 Å². The van der Waals surface area contributed by atoms with Gasteiger partial charge < -0.3 is 0 Å². The highest BCUT2D eigenvalue weighted by Gasteiger charge is 2.21. The van der Waals surface area contributed by atoms with Crippen LogP contribution in [0.4, 0.5) is 0 Å². The number of rotatable bonds is 14. The van der Waals surface area contributed by atoms with Crippen molar-refractivity contribution in [2.45, 2.75) is 109 Å². The maximum atomic E-state index is 12.2. The first-order valence-electron chi connectivity index (χ1n) is 9.20. The number of hydrogen-bond donors (Lipinski definition) is 1. The fourth-order valence-corrected chi connectivity index (χ4v) is 3.33. The molecule has 0 aromatic carbocycles. The van der Waals surface area contributed by atoms with Gasteiger partial charge in [0, 0.05) is 6.04 Å². The van der Waals surface area contributed by atoms with Crippen LogP contribution in [0.2, 0.25) is 0 Å². The monoisotopic (exact) mass is 329 g/mol. The summed E-state index contributed by atoms with van der Waals surface area (Å²) in [5.74, 6) is 0.